The first-order valence-corrected chi connectivity index (χ1v) is 11.9. The fraction of sp³-hybridized carbons (Fsp3) is 0.308. The van der Waals surface area contributed by atoms with Crippen LogP contribution in [0.2, 0.25) is 0 Å². The summed E-state index contributed by atoms with van der Waals surface area (Å²) in [4.78, 5) is 17.2. The summed E-state index contributed by atoms with van der Waals surface area (Å²) in [5.74, 6) is 1.09. The Balaban J connectivity index is 1.31. The van der Waals surface area contributed by atoms with Crippen LogP contribution in [0.15, 0.2) is 54.7 Å². The van der Waals surface area contributed by atoms with Gasteiger partial charge >= 0.3 is 6.03 Å². The van der Waals surface area contributed by atoms with Crippen molar-refractivity contribution in [3.8, 4) is 5.75 Å². The van der Waals surface area contributed by atoms with Gasteiger partial charge in [-0.05, 0) is 64.8 Å². The highest BCUT2D eigenvalue weighted by Crippen LogP contribution is 2.38. The molecular formula is C26H26B2N6O2. The number of rotatable bonds is 4. The van der Waals surface area contributed by atoms with Gasteiger partial charge < -0.3 is 10.1 Å². The molecule has 2 amide bonds. The smallest absolute Gasteiger partial charge is 0.320 e. The van der Waals surface area contributed by atoms with E-state index in [0.717, 1.165) is 23.1 Å². The van der Waals surface area contributed by atoms with Crippen LogP contribution in [0, 0.1) is 0 Å². The van der Waals surface area contributed by atoms with Gasteiger partial charge in [-0.15, -0.1) is 10.2 Å². The summed E-state index contributed by atoms with van der Waals surface area (Å²) in [5, 5.41) is 13.8. The summed E-state index contributed by atoms with van der Waals surface area (Å²) >= 11 is 0. The van der Waals surface area contributed by atoms with E-state index in [1.165, 1.54) is 0 Å². The van der Waals surface area contributed by atoms with E-state index in [-0.39, 0.29) is 23.6 Å². The average Bonchev–Trinajstić information content (AvgIpc) is 3.20. The third-order valence-electron chi connectivity index (χ3n) is 6.37. The number of anilines is 1. The van der Waals surface area contributed by atoms with E-state index in [1.54, 1.807) is 10.6 Å². The largest absolute Gasteiger partial charge is 0.484 e. The molecule has 0 saturated heterocycles. The Morgan fingerprint density at radius 3 is 2.61 bits per heavy atom. The number of aromatic nitrogens is 4. The Labute approximate surface area is 212 Å². The molecule has 0 unspecified atom stereocenters. The second-order valence-electron chi connectivity index (χ2n) is 10.0. The summed E-state index contributed by atoms with van der Waals surface area (Å²) in [6.45, 7) is 6.26. The molecule has 2 N–H and O–H groups in total. The number of urea groups is 1. The molecule has 4 aromatic rings. The number of amides is 2. The number of pyridine rings is 2. The van der Waals surface area contributed by atoms with Crippen molar-refractivity contribution in [2.45, 2.75) is 51.2 Å². The molecule has 36 heavy (non-hydrogen) atoms. The van der Waals surface area contributed by atoms with Crippen LogP contribution in [0.5, 0.6) is 5.75 Å². The molecule has 0 aliphatic heterocycles. The number of nitrogens with zero attached hydrogens (tertiary/aromatic N) is 4. The van der Waals surface area contributed by atoms with Crippen molar-refractivity contribution in [1.29, 1.82) is 0 Å². The highest BCUT2D eigenvalue weighted by Gasteiger charge is 2.29. The number of nitrogens with one attached hydrogen (secondary N) is 2. The third-order valence-corrected chi connectivity index (χ3v) is 6.37. The maximum atomic E-state index is 12.9. The number of carbonyl (C=O) groups is 1. The SMILES string of the molecule is [B]c1cc(C(C)(C)C)cc(NC(=O)N[C@H]2CC[C@@H](Oc3ccc4nnc([B])n4c3)c3ccccc32)n1. The van der Waals surface area contributed by atoms with Crippen LogP contribution in [-0.2, 0) is 5.41 Å². The predicted molar refractivity (Wildman–Crippen MR) is 141 cm³/mol. The molecule has 3 aromatic heterocycles. The molecule has 2 atom stereocenters. The first-order chi connectivity index (χ1) is 17.2. The second-order valence-corrected chi connectivity index (χ2v) is 10.0. The van der Waals surface area contributed by atoms with E-state index in [9.17, 15) is 4.79 Å². The molecule has 8 nitrogen and oxygen atoms in total. The minimum Gasteiger partial charge on any atom is -0.484 e. The van der Waals surface area contributed by atoms with Crippen LogP contribution < -0.4 is 26.7 Å². The number of hydrogen-bond donors (Lipinski definition) is 2. The molecule has 178 valence electrons. The van der Waals surface area contributed by atoms with E-state index < -0.39 is 0 Å². The molecule has 4 radical (unpaired) electrons. The summed E-state index contributed by atoms with van der Waals surface area (Å²) in [7, 11) is 11.9. The van der Waals surface area contributed by atoms with Crippen LogP contribution >= 0.6 is 0 Å². The second kappa shape index (κ2) is 9.33. The van der Waals surface area contributed by atoms with Crippen molar-refractivity contribution in [1.82, 2.24) is 24.9 Å². The number of hydrogen-bond acceptors (Lipinski definition) is 5. The van der Waals surface area contributed by atoms with E-state index >= 15 is 0 Å². The van der Waals surface area contributed by atoms with Crippen molar-refractivity contribution in [2.75, 3.05) is 5.32 Å². The first-order valence-electron chi connectivity index (χ1n) is 11.9. The maximum Gasteiger partial charge on any atom is 0.320 e. The minimum absolute atomic E-state index is 0.119. The summed E-state index contributed by atoms with van der Waals surface area (Å²) < 4.78 is 8.03. The van der Waals surface area contributed by atoms with Gasteiger partial charge in [0.25, 0.3) is 0 Å². The minimum atomic E-state index is -0.333. The molecule has 1 aromatic carbocycles. The summed E-state index contributed by atoms with van der Waals surface area (Å²) in [6, 6.07) is 14.9. The van der Waals surface area contributed by atoms with Crippen LogP contribution in [0.25, 0.3) is 5.65 Å². The summed E-state index contributed by atoms with van der Waals surface area (Å²) in [6.07, 6.45) is 3.06. The zero-order valence-electron chi connectivity index (χ0n) is 20.5. The fourth-order valence-electron chi connectivity index (χ4n) is 4.51. The van der Waals surface area contributed by atoms with Crippen molar-refractivity contribution in [2.24, 2.45) is 0 Å². The Kier molecular flexibility index (Phi) is 6.20. The lowest BCUT2D eigenvalue weighted by Crippen LogP contribution is -2.36. The molecule has 1 aliphatic carbocycles. The Hall–Kier alpha value is -3.81. The number of benzene rings is 1. The van der Waals surface area contributed by atoms with Crippen molar-refractivity contribution < 1.29 is 9.53 Å². The van der Waals surface area contributed by atoms with Gasteiger partial charge in [-0.25, -0.2) is 9.78 Å². The molecule has 0 fully saturated rings. The zero-order chi connectivity index (χ0) is 25.4. The normalized spacial score (nSPS) is 17.4. The van der Waals surface area contributed by atoms with E-state index in [4.69, 9.17) is 20.4 Å². The highest BCUT2D eigenvalue weighted by atomic mass is 16.5. The fourth-order valence-corrected chi connectivity index (χ4v) is 4.51. The Bertz CT molecular complexity index is 1430. The van der Waals surface area contributed by atoms with Gasteiger partial charge in [0.1, 0.15) is 25.5 Å². The first kappa shape index (κ1) is 23.9. The lowest BCUT2D eigenvalue weighted by Gasteiger charge is -2.32. The number of carbonyl (C=O) groups excluding carboxylic acids is 1. The lowest BCUT2D eigenvalue weighted by atomic mass is 9.85. The molecule has 0 saturated carbocycles. The third kappa shape index (κ3) is 4.94. The molecule has 1 aliphatic rings. The van der Waals surface area contributed by atoms with Crippen molar-refractivity contribution >= 4 is 44.5 Å². The van der Waals surface area contributed by atoms with Gasteiger partial charge in [-0.3, -0.25) is 9.72 Å². The lowest BCUT2D eigenvalue weighted by molar-refractivity contribution is 0.172. The molecule has 3 heterocycles. The van der Waals surface area contributed by atoms with Gasteiger partial charge in [0.05, 0.1) is 18.0 Å². The Morgan fingerprint density at radius 1 is 1.06 bits per heavy atom. The standard InChI is InChI=1S/C26H26B2N6O2/c1-26(2,3)15-12-21(27)30-22(13-15)31-25(35)29-19-9-10-20(18-7-5-4-6-17(18)19)36-16-8-11-23-32-33-24(28)34(23)14-16/h4-8,11-14,19-20H,9-10H2,1-3H3,(H2,29,30,31,35)/t19-,20+/m0/s1. The number of fused-ring (bicyclic) bond motifs is 2. The van der Waals surface area contributed by atoms with E-state index in [0.29, 0.717) is 35.0 Å². The van der Waals surface area contributed by atoms with Crippen LogP contribution in [0.4, 0.5) is 10.6 Å². The Morgan fingerprint density at radius 2 is 1.83 bits per heavy atom. The molecular weight excluding hydrogens is 450 g/mol. The van der Waals surface area contributed by atoms with Gasteiger partial charge in [0, 0.05) is 0 Å². The van der Waals surface area contributed by atoms with Gasteiger partial charge in [-0.2, -0.15) is 0 Å². The quantitative estimate of drug-likeness (QED) is 0.442. The summed E-state index contributed by atoms with van der Waals surface area (Å²) in [5.41, 5.74) is 4.26. The topological polar surface area (TPSA) is 93.4 Å². The molecule has 5 rings (SSSR count). The van der Waals surface area contributed by atoms with Gasteiger partial charge in [-0.1, -0.05) is 45.0 Å². The highest BCUT2D eigenvalue weighted by molar-refractivity contribution is 6.30. The van der Waals surface area contributed by atoms with Crippen LogP contribution in [0.3, 0.4) is 0 Å². The van der Waals surface area contributed by atoms with E-state index in [1.807, 2.05) is 48.5 Å². The average molecular weight is 476 g/mol. The predicted octanol–water partition coefficient (Wildman–Crippen LogP) is 2.79. The molecule has 0 bridgehead atoms. The monoisotopic (exact) mass is 476 g/mol. The van der Waals surface area contributed by atoms with Gasteiger partial charge in [0.15, 0.2) is 13.5 Å². The number of ether oxygens (including phenoxy) is 1. The van der Waals surface area contributed by atoms with Gasteiger partial charge in [0.2, 0.25) is 0 Å². The van der Waals surface area contributed by atoms with Crippen molar-refractivity contribution in [3.05, 3.63) is 71.4 Å². The van der Waals surface area contributed by atoms with Crippen LogP contribution in [0.1, 0.15) is 62.4 Å². The van der Waals surface area contributed by atoms with Crippen LogP contribution in [-0.4, -0.2) is 41.3 Å². The molecule has 0 spiro atoms. The zero-order valence-corrected chi connectivity index (χ0v) is 20.5. The van der Waals surface area contributed by atoms with E-state index in [2.05, 4.69) is 46.6 Å². The molecule has 10 heteroatoms. The maximum absolute atomic E-state index is 12.9. The van der Waals surface area contributed by atoms with Crippen molar-refractivity contribution in [3.63, 3.8) is 0 Å².